The molecule has 2 aromatic carbocycles. The van der Waals surface area contributed by atoms with Crippen LogP contribution in [0.2, 0.25) is 0 Å². The molecule has 3 aromatic rings. The van der Waals surface area contributed by atoms with E-state index in [1.54, 1.807) is 13.2 Å². The van der Waals surface area contributed by atoms with Crippen molar-refractivity contribution in [2.45, 2.75) is 31.9 Å². The van der Waals surface area contributed by atoms with Gasteiger partial charge in [0, 0.05) is 11.6 Å². The van der Waals surface area contributed by atoms with Crippen molar-refractivity contribution in [2.75, 3.05) is 7.11 Å². The van der Waals surface area contributed by atoms with Crippen LogP contribution in [-0.2, 0) is 0 Å². The van der Waals surface area contributed by atoms with Crippen LogP contribution in [0.1, 0.15) is 40.4 Å². The Labute approximate surface area is 164 Å². The fraction of sp³-hybridized carbons (Fsp3) is 0.304. The van der Waals surface area contributed by atoms with E-state index >= 15 is 0 Å². The number of carbonyl (C=O) groups is 1. The third-order valence-electron chi connectivity index (χ3n) is 5.54. The van der Waals surface area contributed by atoms with Crippen molar-refractivity contribution in [1.82, 2.24) is 10.3 Å². The highest BCUT2D eigenvalue weighted by molar-refractivity contribution is 5.97. The number of carbonyl (C=O) groups excluding carboxylic acids is 1. The van der Waals surface area contributed by atoms with Crippen molar-refractivity contribution >= 4 is 16.8 Å². The number of aliphatic hydroxyl groups is 1. The van der Waals surface area contributed by atoms with E-state index in [9.17, 15) is 9.90 Å². The molecule has 0 unspecified atom stereocenters. The van der Waals surface area contributed by atoms with E-state index < -0.39 is 0 Å². The number of methoxy groups -OCH3 is 1. The molecule has 1 amide bonds. The fourth-order valence-electron chi connectivity index (χ4n) is 3.95. The zero-order valence-corrected chi connectivity index (χ0v) is 16.1. The maximum Gasteiger partial charge on any atom is 0.255 e. The summed E-state index contributed by atoms with van der Waals surface area (Å²) in [7, 11) is 1.58. The highest BCUT2D eigenvalue weighted by Gasteiger charge is 2.36. The smallest absolute Gasteiger partial charge is 0.255 e. The second-order valence-corrected chi connectivity index (χ2v) is 7.45. The SMILES string of the molecule is COc1c(C)cccc1C(=O)N[C@H](c1cnc2ccccc2c1)C1CC(O)C1. The topological polar surface area (TPSA) is 71.5 Å². The minimum Gasteiger partial charge on any atom is -0.496 e. The zero-order chi connectivity index (χ0) is 19.7. The zero-order valence-electron chi connectivity index (χ0n) is 16.1. The van der Waals surface area contributed by atoms with Crippen LogP contribution < -0.4 is 10.1 Å². The molecule has 28 heavy (non-hydrogen) atoms. The summed E-state index contributed by atoms with van der Waals surface area (Å²) in [5.41, 5.74) is 3.31. The van der Waals surface area contributed by atoms with Gasteiger partial charge < -0.3 is 15.2 Å². The van der Waals surface area contributed by atoms with Crippen LogP contribution in [0.3, 0.4) is 0 Å². The van der Waals surface area contributed by atoms with E-state index in [0.717, 1.165) is 22.0 Å². The molecule has 0 radical (unpaired) electrons. The number of hydrogen-bond acceptors (Lipinski definition) is 4. The van der Waals surface area contributed by atoms with Gasteiger partial charge in [0.15, 0.2) is 0 Å². The molecule has 1 atom stereocenters. The monoisotopic (exact) mass is 376 g/mol. The Morgan fingerprint density at radius 1 is 1.21 bits per heavy atom. The first-order valence-electron chi connectivity index (χ1n) is 9.54. The average molecular weight is 376 g/mol. The van der Waals surface area contributed by atoms with Gasteiger partial charge >= 0.3 is 0 Å². The quantitative estimate of drug-likeness (QED) is 0.711. The summed E-state index contributed by atoms with van der Waals surface area (Å²) < 4.78 is 5.45. The lowest BCUT2D eigenvalue weighted by Gasteiger charge is -2.38. The molecular formula is C23H24N2O3. The Morgan fingerprint density at radius 3 is 2.75 bits per heavy atom. The van der Waals surface area contributed by atoms with Gasteiger partial charge in [0.1, 0.15) is 5.75 Å². The molecule has 1 aliphatic carbocycles. The van der Waals surface area contributed by atoms with Crippen LogP contribution in [0, 0.1) is 12.8 Å². The number of ether oxygens (including phenoxy) is 1. The number of aryl methyl sites for hydroxylation is 1. The summed E-state index contributed by atoms with van der Waals surface area (Å²) >= 11 is 0. The number of amides is 1. The van der Waals surface area contributed by atoms with Crippen LogP contribution in [0.15, 0.2) is 54.7 Å². The van der Waals surface area contributed by atoms with E-state index in [2.05, 4.69) is 16.4 Å². The largest absolute Gasteiger partial charge is 0.496 e. The molecule has 1 aliphatic rings. The Bertz CT molecular complexity index is 1010. The van der Waals surface area contributed by atoms with Crippen molar-refractivity contribution in [3.8, 4) is 5.75 Å². The maximum absolute atomic E-state index is 13.1. The molecule has 5 heteroatoms. The van der Waals surface area contributed by atoms with Gasteiger partial charge in [-0.05, 0) is 55.0 Å². The number of aromatic nitrogens is 1. The van der Waals surface area contributed by atoms with Crippen LogP contribution in [0.4, 0.5) is 0 Å². The number of benzene rings is 2. The fourth-order valence-corrected chi connectivity index (χ4v) is 3.95. The van der Waals surface area contributed by atoms with E-state index in [1.807, 2.05) is 49.5 Å². The number of nitrogens with one attached hydrogen (secondary N) is 1. The molecule has 2 N–H and O–H groups in total. The standard InChI is InChI=1S/C23H24N2O3/c1-14-6-5-8-19(22(14)28-2)23(27)25-21(16-11-18(26)12-16)17-10-15-7-3-4-9-20(15)24-13-17/h3-10,13,16,18,21,26H,11-12H2,1-2H3,(H,25,27)/t16?,18?,21-/m0/s1. The second kappa shape index (κ2) is 7.60. The Balaban J connectivity index is 1.67. The molecule has 5 nitrogen and oxygen atoms in total. The molecule has 4 rings (SSSR count). The molecule has 1 heterocycles. The van der Waals surface area contributed by atoms with Gasteiger partial charge in [-0.2, -0.15) is 0 Å². The van der Waals surface area contributed by atoms with Gasteiger partial charge in [-0.15, -0.1) is 0 Å². The normalized spacial score (nSPS) is 19.7. The summed E-state index contributed by atoms with van der Waals surface area (Å²) in [6.07, 6.45) is 2.86. The number of pyridine rings is 1. The minimum atomic E-state index is -0.300. The lowest BCUT2D eigenvalue weighted by molar-refractivity contribution is 0.0234. The molecule has 1 aromatic heterocycles. The van der Waals surface area contributed by atoms with E-state index in [4.69, 9.17) is 4.74 Å². The van der Waals surface area contributed by atoms with Crippen LogP contribution >= 0.6 is 0 Å². The summed E-state index contributed by atoms with van der Waals surface area (Å²) in [5.74, 6) is 0.585. The van der Waals surface area contributed by atoms with Crippen LogP contribution in [-0.4, -0.2) is 29.2 Å². The molecule has 0 bridgehead atoms. The molecular weight excluding hydrogens is 352 g/mol. The number of aliphatic hydroxyl groups excluding tert-OH is 1. The lowest BCUT2D eigenvalue weighted by Crippen LogP contribution is -2.41. The number of fused-ring (bicyclic) bond motifs is 1. The van der Waals surface area contributed by atoms with Gasteiger partial charge in [-0.25, -0.2) is 0 Å². The summed E-state index contributed by atoms with van der Waals surface area (Å²) in [6, 6.07) is 15.3. The van der Waals surface area contributed by atoms with Gasteiger partial charge in [-0.3, -0.25) is 9.78 Å². The Hall–Kier alpha value is -2.92. The van der Waals surface area contributed by atoms with Crippen molar-refractivity contribution in [1.29, 1.82) is 0 Å². The van der Waals surface area contributed by atoms with Crippen molar-refractivity contribution in [3.05, 3.63) is 71.4 Å². The van der Waals surface area contributed by atoms with Gasteiger partial charge in [0.05, 0.1) is 30.3 Å². The molecule has 0 spiro atoms. The lowest BCUT2D eigenvalue weighted by atomic mass is 9.75. The average Bonchev–Trinajstić information content (AvgIpc) is 2.69. The summed E-state index contributed by atoms with van der Waals surface area (Å²) in [6.45, 7) is 1.92. The first kappa shape index (κ1) is 18.4. The Morgan fingerprint density at radius 2 is 2.00 bits per heavy atom. The number of rotatable bonds is 5. The molecule has 0 aliphatic heterocycles. The number of hydrogen-bond donors (Lipinski definition) is 2. The maximum atomic E-state index is 13.1. The number of para-hydroxylation sites is 2. The van der Waals surface area contributed by atoms with Crippen molar-refractivity contribution < 1.29 is 14.6 Å². The summed E-state index contributed by atoms with van der Waals surface area (Å²) in [4.78, 5) is 17.6. The Kier molecular flexibility index (Phi) is 5.01. The highest BCUT2D eigenvalue weighted by Crippen LogP contribution is 2.39. The van der Waals surface area contributed by atoms with Gasteiger partial charge in [-0.1, -0.05) is 30.3 Å². The minimum absolute atomic E-state index is 0.178. The predicted molar refractivity (Wildman–Crippen MR) is 108 cm³/mol. The van der Waals surface area contributed by atoms with Crippen LogP contribution in [0.25, 0.3) is 10.9 Å². The molecule has 1 saturated carbocycles. The van der Waals surface area contributed by atoms with Gasteiger partial charge in [0.2, 0.25) is 0 Å². The predicted octanol–water partition coefficient (Wildman–Crippen LogP) is 3.79. The second-order valence-electron chi connectivity index (χ2n) is 7.45. The van der Waals surface area contributed by atoms with Crippen molar-refractivity contribution in [2.24, 2.45) is 5.92 Å². The number of nitrogens with zero attached hydrogens (tertiary/aromatic N) is 1. The van der Waals surface area contributed by atoms with Crippen LogP contribution in [0.5, 0.6) is 5.75 Å². The van der Waals surface area contributed by atoms with E-state index in [0.29, 0.717) is 24.2 Å². The van der Waals surface area contributed by atoms with Gasteiger partial charge in [0.25, 0.3) is 5.91 Å². The summed E-state index contributed by atoms with van der Waals surface area (Å²) in [5, 5.41) is 14.0. The first-order chi connectivity index (χ1) is 13.6. The third-order valence-corrected chi connectivity index (χ3v) is 5.54. The molecule has 1 fully saturated rings. The highest BCUT2D eigenvalue weighted by atomic mass is 16.5. The molecule has 0 saturated heterocycles. The molecule has 144 valence electrons. The van der Waals surface area contributed by atoms with E-state index in [1.165, 1.54) is 0 Å². The third kappa shape index (κ3) is 3.45. The van der Waals surface area contributed by atoms with Crippen molar-refractivity contribution in [3.63, 3.8) is 0 Å². The first-order valence-corrected chi connectivity index (χ1v) is 9.54. The van der Waals surface area contributed by atoms with E-state index in [-0.39, 0.29) is 24.0 Å².